The first kappa shape index (κ1) is 13.2. The molecule has 3 N–H and O–H groups in total. The molecule has 0 unspecified atom stereocenters. The summed E-state index contributed by atoms with van der Waals surface area (Å²) in [6.07, 6.45) is 0. The summed E-state index contributed by atoms with van der Waals surface area (Å²) >= 11 is 7.44. The van der Waals surface area contributed by atoms with E-state index in [1.165, 1.54) is 17.8 Å². The van der Waals surface area contributed by atoms with E-state index >= 15 is 0 Å². The number of aromatic carboxylic acids is 1. The van der Waals surface area contributed by atoms with Gasteiger partial charge >= 0.3 is 5.97 Å². The van der Waals surface area contributed by atoms with E-state index in [0.29, 0.717) is 15.6 Å². The molecule has 1 rings (SSSR count). The Morgan fingerprint density at radius 1 is 1.44 bits per heavy atom. The van der Waals surface area contributed by atoms with Crippen molar-refractivity contribution in [2.24, 2.45) is 0 Å². The summed E-state index contributed by atoms with van der Waals surface area (Å²) in [5.74, 6) is -1.01. The van der Waals surface area contributed by atoms with E-state index in [9.17, 15) is 4.79 Å². The van der Waals surface area contributed by atoms with Crippen molar-refractivity contribution >= 4 is 35.0 Å². The number of nitrogens with two attached hydrogens (primary N) is 1. The first-order chi connectivity index (χ1) is 7.20. The van der Waals surface area contributed by atoms with Gasteiger partial charge in [-0.1, -0.05) is 32.4 Å². The van der Waals surface area contributed by atoms with Crippen molar-refractivity contribution in [1.82, 2.24) is 0 Å². The molecule has 0 saturated carbocycles. The summed E-state index contributed by atoms with van der Waals surface area (Å²) in [5.41, 5.74) is 6.09. The second kappa shape index (κ2) is 4.55. The fourth-order valence-electron chi connectivity index (χ4n) is 1.18. The molecule has 5 heteroatoms. The van der Waals surface area contributed by atoms with Crippen molar-refractivity contribution in [3.05, 3.63) is 22.7 Å². The lowest BCUT2D eigenvalue weighted by molar-refractivity contribution is 0.0693. The first-order valence-corrected chi connectivity index (χ1v) is 5.91. The number of halogens is 1. The lowest BCUT2D eigenvalue weighted by Gasteiger charge is -2.20. The van der Waals surface area contributed by atoms with E-state index in [-0.39, 0.29) is 10.3 Å². The number of rotatable bonds is 2. The molecule has 0 heterocycles. The monoisotopic (exact) mass is 259 g/mol. The molecule has 1 aromatic rings. The Bertz CT molecular complexity index is 427. The van der Waals surface area contributed by atoms with Crippen LogP contribution in [0.15, 0.2) is 17.0 Å². The predicted octanol–water partition coefficient (Wildman–Crippen LogP) is 3.51. The molecular formula is C11H14ClNO2S. The molecule has 0 fully saturated rings. The van der Waals surface area contributed by atoms with Gasteiger partial charge in [0, 0.05) is 15.3 Å². The molecular weight excluding hydrogens is 246 g/mol. The third-order valence-electron chi connectivity index (χ3n) is 1.70. The number of thioether (sulfide) groups is 1. The van der Waals surface area contributed by atoms with Crippen molar-refractivity contribution in [3.63, 3.8) is 0 Å². The topological polar surface area (TPSA) is 63.3 Å². The zero-order chi connectivity index (χ0) is 12.5. The molecule has 0 spiro atoms. The summed E-state index contributed by atoms with van der Waals surface area (Å²) in [4.78, 5) is 11.7. The summed E-state index contributed by atoms with van der Waals surface area (Å²) in [6, 6.07) is 3.00. The van der Waals surface area contributed by atoms with Crippen molar-refractivity contribution in [3.8, 4) is 0 Å². The van der Waals surface area contributed by atoms with Crippen LogP contribution in [-0.2, 0) is 0 Å². The van der Waals surface area contributed by atoms with Crippen LogP contribution < -0.4 is 5.73 Å². The Morgan fingerprint density at radius 3 is 2.44 bits per heavy atom. The van der Waals surface area contributed by atoms with Crippen LogP contribution in [0.5, 0.6) is 0 Å². The highest BCUT2D eigenvalue weighted by atomic mass is 35.5. The molecule has 16 heavy (non-hydrogen) atoms. The number of carboxylic acid groups (broad SMARTS) is 1. The van der Waals surface area contributed by atoms with E-state index in [0.717, 1.165) is 0 Å². The number of benzene rings is 1. The van der Waals surface area contributed by atoms with Crippen molar-refractivity contribution in [2.45, 2.75) is 30.4 Å². The summed E-state index contributed by atoms with van der Waals surface area (Å²) in [5, 5.41) is 9.47. The fraction of sp³-hybridized carbons (Fsp3) is 0.364. The lowest BCUT2D eigenvalue weighted by Crippen LogP contribution is -2.10. The lowest BCUT2D eigenvalue weighted by atomic mass is 10.2. The molecule has 0 bridgehead atoms. The molecule has 0 aliphatic heterocycles. The molecule has 88 valence electrons. The Hall–Kier alpha value is -0.870. The van der Waals surface area contributed by atoms with Crippen molar-refractivity contribution in [1.29, 1.82) is 0 Å². The molecule has 3 nitrogen and oxygen atoms in total. The van der Waals surface area contributed by atoms with Gasteiger partial charge in [-0.2, -0.15) is 0 Å². The zero-order valence-corrected chi connectivity index (χ0v) is 10.9. The molecule has 0 aliphatic carbocycles. The molecule has 0 aliphatic rings. The largest absolute Gasteiger partial charge is 0.478 e. The van der Waals surface area contributed by atoms with Crippen LogP contribution in [0, 0.1) is 0 Å². The second-order valence-corrected chi connectivity index (χ2v) is 6.64. The maximum absolute atomic E-state index is 11.1. The molecule has 0 amide bonds. The van der Waals surface area contributed by atoms with Gasteiger partial charge in [-0.3, -0.25) is 0 Å². The van der Waals surface area contributed by atoms with E-state index in [1.807, 2.05) is 20.8 Å². The average molecular weight is 260 g/mol. The first-order valence-electron chi connectivity index (χ1n) is 4.72. The second-order valence-electron chi connectivity index (χ2n) is 4.40. The Morgan fingerprint density at radius 2 is 2.00 bits per heavy atom. The van der Waals surface area contributed by atoms with Crippen LogP contribution in [-0.4, -0.2) is 15.8 Å². The van der Waals surface area contributed by atoms with Gasteiger partial charge in [-0.25, -0.2) is 4.79 Å². The van der Waals surface area contributed by atoms with Gasteiger partial charge in [0.05, 0.1) is 10.6 Å². The van der Waals surface area contributed by atoms with Gasteiger partial charge in [0.15, 0.2) is 0 Å². The molecule has 1 aromatic carbocycles. The van der Waals surface area contributed by atoms with Crippen LogP contribution in [0.1, 0.15) is 31.1 Å². The van der Waals surface area contributed by atoms with Crippen LogP contribution in [0.25, 0.3) is 0 Å². The van der Waals surface area contributed by atoms with Crippen LogP contribution in [0.3, 0.4) is 0 Å². The summed E-state index contributed by atoms with van der Waals surface area (Å²) < 4.78 is -0.107. The standard InChI is InChI=1S/C11H14ClNO2S/c1-11(2,3)16-9-7(10(14)15)4-6(13)5-8(9)12/h4-5H,13H2,1-3H3,(H,14,15). The van der Waals surface area contributed by atoms with Crippen molar-refractivity contribution < 1.29 is 9.90 Å². The molecule has 0 radical (unpaired) electrons. The number of carbonyl (C=O) groups is 1. The SMILES string of the molecule is CC(C)(C)Sc1c(Cl)cc(N)cc1C(=O)O. The molecule has 0 atom stereocenters. The minimum Gasteiger partial charge on any atom is -0.478 e. The summed E-state index contributed by atoms with van der Waals surface area (Å²) in [6.45, 7) is 5.99. The van der Waals surface area contributed by atoms with E-state index in [2.05, 4.69) is 0 Å². The van der Waals surface area contributed by atoms with Crippen LogP contribution in [0.4, 0.5) is 5.69 Å². The van der Waals surface area contributed by atoms with Gasteiger partial charge in [0.2, 0.25) is 0 Å². The van der Waals surface area contributed by atoms with Gasteiger partial charge in [-0.05, 0) is 12.1 Å². The zero-order valence-electron chi connectivity index (χ0n) is 9.37. The minimum atomic E-state index is -1.01. The quantitative estimate of drug-likeness (QED) is 0.630. The van der Waals surface area contributed by atoms with Gasteiger partial charge < -0.3 is 10.8 Å². The van der Waals surface area contributed by atoms with Gasteiger partial charge in [0.25, 0.3) is 0 Å². The Balaban J connectivity index is 3.30. The highest BCUT2D eigenvalue weighted by Crippen LogP contribution is 2.39. The average Bonchev–Trinajstić information content (AvgIpc) is 2.07. The Labute approximate surface area is 104 Å². The number of nitrogen functional groups attached to an aromatic ring is 1. The number of hydrogen-bond donors (Lipinski definition) is 2. The molecule has 0 saturated heterocycles. The fourth-order valence-corrected chi connectivity index (χ4v) is 2.55. The normalized spacial score (nSPS) is 11.5. The van der Waals surface area contributed by atoms with Crippen LogP contribution >= 0.6 is 23.4 Å². The summed E-state index contributed by atoms with van der Waals surface area (Å²) in [7, 11) is 0. The number of carboxylic acids is 1. The smallest absolute Gasteiger partial charge is 0.336 e. The van der Waals surface area contributed by atoms with E-state index in [1.54, 1.807) is 6.07 Å². The number of anilines is 1. The number of hydrogen-bond acceptors (Lipinski definition) is 3. The van der Waals surface area contributed by atoms with Gasteiger partial charge in [-0.15, -0.1) is 11.8 Å². The maximum Gasteiger partial charge on any atom is 0.336 e. The third kappa shape index (κ3) is 3.32. The highest BCUT2D eigenvalue weighted by molar-refractivity contribution is 8.00. The Kier molecular flexibility index (Phi) is 3.76. The van der Waals surface area contributed by atoms with E-state index < -0.39 is 5.97 Å². The highest BCUT2D eigenvalue weighted by Gasteiger charge is 2.21. The third-order valence-corrected chi connectivity index (χ3v) is 3.37. The van der Waals surface area contributed by atoms with Crippen molar-refractivity contribution in [2.75, 3.05) is 5.73 Å². The maximum atomic E-state index is 11.1. The van der Waals surface area contributed by atoms with E-state index in [4.69, 9.17) is 22.4 Å². The predicted molar refractivity (Wildman–Crippen MR) is 68.4 cm³/mol. The van der Waals surface area contributed by atoms with Gasteiger partial charge in [0.1, 0.15) is 0 Å². The minimum absolute atomic E-state index is 0.107. The molecule has 0 aromatic heterocycles. The van der Waals surface area contributed by atoms with Crippen LogP contribution in [0.2, 0.25) is 5.02 Å².